The van der Waals surface area contributed by atoms with E-state index in [1.54, 1.807) is 28.8 Å². The summed E-state index contributed by atoms with van der Waals surface area (Å²) < 4.78 is 6.85. The minimum absolute atomic E-state index is 0.0733. The number of nitrogens with zero attached hydrogens (tertiary/aromatic N) is 3. The molecule has 2 heterocycles. The highest BCUT2D eigenvalue weighted by molar-refractivity contribution is 5.96. The van der Waals surface area contributed by atoms with Crippen LogP contribution in [-0.4, -0.2) is 46.6 Å². The Morgan fingerprint density at radius 3 is 2.89 bits per heavy atom. The third-order valence-electron chi connectivity index (χ3n) is 4.19. The van der Waals surface area contributed by atoms with Gasteiger partial charge in [0.05, 0.1) is 19.3 Å². The fraction of sp³-hybridized carbons (Fsp3) is 0.300. The van der Waals surface area contributed by atoms with Crippen LogP contribution in [0.25, 0.3) is 5.65 Å². The second-order valence-electron chi connectivity index (χ2n) is 6.42. The van der Waals surface area contributed by atoms with Crippen LogP contribution in [0, 0.1) is 6.92 Å². The lowest BCUT2D eigenvalue weighted by molar-refractivity contribution is -0.120. The van der Waals surface area contributed by atoms with E-state index in [0.717, 1.165) is 29.7 Å². The van der Waals surface area contributed by atoms with Crippen LogP contribution in [0.1, 0.15) is 28.0 Å². The van der Waals surface area contributed by atoms with Gasteiger partial charge in [-0.25, -0.2) is 9.50 Å². The summed E-state index contributed by atoms with van der Waals surface area (Å²) in [5.74, 6) is 0.0468. The topological polar surface area (TPSA) is 97.6 Å². The fourth-order valence-corrected chi connectivity index (χ4v) is 2.77. The Morgan fingerprint density at radius 1 is 1.21 bits per heavy atom. The number of methoxy groups -OCH3 is 1. The Morgan fingerprint density at radius 2 is 2.07 bits per heavy atom. The van der Waals surface area contributed by atoms with Crippen molar-refractivity contribution < 1.29 is 14.3 Å². The molecule has 0 atom stereocenters. The molecule has 0 fully saturated rings. The van der Waals surface area contributed by atoms with E-state index in [1.165, 1.54) is 7.11 Å². The first-order valence-electron chi connectivity index (χ1n) is 9.05. The van der Waals surface area contributed by atoms with Gasteiger partial charge in [-0.2, -0.15) is 5.10 Å². The van der Waals surface area contributed by atoms with Gasteiger partial charge in [-0.1, -0.05) is 6.07 Å². The van der Waals surface area contributed by atoms with E-state index in [9.17, 15) is 9.59 Å². The van der Waals surface area contributed by atoms with Crippen LogP contribution in [0.4, 0.5) is 0 Å². The molecular weight excluding hydrogens is 358 g/mol. The quantitative estimate of drug-likeness (QED) is 0.577. The van der Waals surface area contributed by atoms with Crippen LogP contribution in [0.3, 0.4) is 0 Å². The molecule has 3 rings (SSSR count). The molecule has 0 radical (unpaired) electrons. The summed E-state index contributed by atoms with van der Waals surface area (Å²) in [7, 11) is 1.54. The van der Waals surface area contributed by atoms with E-state index in [0.29, 0.717) is 17.9 Å². The zero-order valence-corrected chi connectivity index (χ0v) is 15.9. The largest absolute Gasteiger partial charge is 0.497 e. The maximum absolute atomic E-state index is 12.1. The normalized spacial score (nSPS) is 10.6. The summed E-state index contributed by atoms with van der Waals surface area (Å²) in [6.07, 6.45) is 5.32. The van der Waals surface area contributed by atoms with Crippen molar-refractivity contribution in [1.29, 1.82) is 0 Å². The van der Waals surface area contributed by atoms with E-state index in [2.05, 4.69) is 20.7 Å². The molecule has 0 saturated heterocycles. The summed E-state index contributed by atoms with van der Waals surface area (Å²) in [4.78, 5) is 28.4. The number of benzene rings is 1. The number of amides is 2. The van der Waals surface area contributed by atoms with Gasteiger partial charge in [-0.3, -0.25) is 9.59 Å². The molecule has 2 N–H and O–H groups in total. The predicted molar refractivity (Wildman–Crippen MR) is 104 cm³/mol. The minimum atomic E-state index is -0.317. The van der Waals surface area contributed by atoms with Gasteiger partial charge in [-0.15, -0.1) is 0 Å². The number of carbonyl (C=O) groups is 2. The van der Waals surface area contributed by atoms with Crippen LogP contribution in [0.15, 0.2) is 42.7 Å². The molecule has 146 valence electrons. The highest BCUT2D eigenvalue weighted by Gasteiger charge is 2.09. The third kappa shape index (κ3) is 5.06. The fourth-order valence-electron chi connectivity index (χ4n) is 2.77. The van der Waals surface area contributed by atoms with E-state index < -0.39 is 0 Å². The standard InChI is InChI=1S/C20H23N5O3/c1-14-9-18-22-11-15(13-25(18)24-14)5-4-8-21-19(26)12-23-20(27)16-6-3-7-17(10-16)28-2/h3,6-7,9-11,13H,4-5,8,12H2,1-2H3,(H,21,26)(H,23,27). The molecule has 0 spiro atoms. The maximum atomic E-state index is 12.1. The first kappa shape index (κ1) is 19.3. The van der Waals surface area contributed by atoms with E-state index in [1.807, 2.05) is 25.4 Å². The van der Waals surface area contributed by atoms with E-state index in [-0.39, 0.29) is 18.4 Å². The lowest BCUT2D eigenvalue weighted by Crippen LogP contribution is -2.37. The number of carbonyl (C=O) groups excluding carboxylic acids is 2. The van der Waals surface area contributed by atoms with Crippen molar-refractivity contribution in [3.05, 3.63) is 59.5 Å². The van der Waals surface area contributed by atoms with Crippen molar-refractivity contribution in [3.8, 4) is 5.75 Å². The summed E-state index contributed by atoms with van der Waals surface area (Å²) in [6.45, 7) is 2.37. The van der Waals surface area contributed by atoms with Crippen molar-refractivity contribution >= 4 is 17.5 Å². The SMILES string of the molecule is COc1cccc(C(=O)NCC(=O)NCCCc2cnc3cc(C)nn3c2)c1. The molecule has 0 unspecified atom stereocenters. The molecule has 0 bridgehead atoms. The van der Waals surface area contributed by atoms with Gasteiger partial charge in [0.25, 0.3) is 5.91 Å². The number of hydrogen-bond acceptors (Lipinski definition) is 5. The molecule has 0 saturated carbocycles. The number of ether oxygens (including phenoxy) is 1. The number of hydrogen-bond donors (Lipinski definition) is 2. The number of aryl methyl sites for hydroxylation is 2. The number of fused-ring (bicyclic) bond motifs is 1. The van der Waals surface area contributed by atoms with Crippen molar-refractivity contribution in [3.63, 3.8) is 0 Å². The third-order valence-corrected chi connectivity index (χ3v) is 4.19. The Kier molecular flexibility index (Phi) is 6.21. The Bertz CT molecular complexity index is 983. The van der Waals surface area contributed by atoms with Crippen LogP contribution in [0.2, 0.25) is 0 Å². The maximum Gasteiger partial charge on any atom is 0.251 e. The molecular formula is C20H23N5O3. The molecule has 8 nitrogen and oxygen atoms in total. The lowest BCUT2D eigenvalue weighted by Gasteiger charge is -2.08. The van der Waals surface area contributed by atoms with Gasteiger partial charge in [-0.05, 0) is 43.5 Å². The first-order valence-corrected chi connectivity index (χ1v) is 9.05. The Hall–Kier alpha value is -3.42. The summed E-state index contributed by atoms with van der Waals surface area (Å²) in [5, 5.41) is 9.75. The Labute approximate surface area is 162 Å². The number of nitrogens with one attached hydrogen (secondary N) is 2. The monoisotopic (exact) mass is 381 g/mol. The predicted octanol–water partition coefficient (Wildman–Crippen LogP) is 1.53. The smallest absolute Gasteiger partial charge is 0.251 e. The zero-order valence-electron chi connectivity index (χ0n) is 15.9. The zero-order chi connectivity index (χ0) is 19.9. The molecule has 0 aliphatic rings. The average Bonchev–Trinajstić information content (AvgIpc) is 3.08. The van der Waals surface area contributed by atoms with Gasteiger partial charge in [0.15, 0.2) is 5.65 Å². The molecule has 2 amide bonds. The van der Waals surface area contributed by atoms with Crippen LogP contribution < -0.4 is 15.4 Å². The average molecular weight is 381 g/mol. The van der Waals surface area contributed by atoms with Crippen LogP contribution >= 0.6 is 0 Å². The van der Waals surface area contributed by atoms with E-state index >= 15 is 0 Å². The Balaban J connectivity index is 1.38. The van der Waals surface area contributed by atoms with Gasteiger partial charge in [0, 0.05) is 30.6 Å². The van der Waals surface area contributed by atoms with Gasteiger partial charge in [0.1, 0.15) is 5.75 Å². The molecule has 2 aromatic heterocycles. The molecule has 0 aliphatic heterocycles. The van der Waals surface area contributed by atoms with Gasteiger partial charge in [0.2, 0.25) is 5.91 Å². The second kappa shape index (κ2) is 8.98. The summed E-state index contributed by atoms with van der Waals surface area (Å²) in [6, 6.07) is 8.69. The van der Waals surface area contributed by atoms with E-state index in [4.69, 9.17) is 4.74 Å². The van der Waals surface area contributed by atoms with Crippen LogP contribution in [0.5, 0.6) is 5.75 Å². The van der Waals surface area contributed by atoms with Gasteiger partial charge < -0.3 is 15.4 Å². The number of rotatable bonds is 8. The van der Waals surface area contributed by atoms with Crippen molar-refractivity contribution in [2.75, 3.05) is 20.2 Å². The lowest BCUT2D eigenvalue weighted by atomic mass is 10.2. The van der Waals surface area contributed by atoms with Crippen LogP contribution in [-0.2, 0) is 11.2 Å². The summed E-state index contributed by atoms with van der Waals surface area (Å²) in [5.41, 5.74) is 3.24. The molecule has 8 heteroatoms. The van der Waals surface area contributed by atoms with Gasteiger partial charge >= 0.3 is 0 Å². The highest BCUT2D eigenvalue weighted by atomic mass is 16.5. The highest BCUT2D eigenvalue weighted by Crippen LogP contribution is 2.12. The minimum Gasteiger partial charge on any atom is -0.497 e. The summed E-state index contributed by atoms with van der Waals surface area (Å²) >= 11 is 0. The molecule has 3 aromatic rings. The van der Waals surface area contributed by atoms with Crippen molar-refractivity contribution in [1.82, 2.24) is 25.2 Å². The van der Waals surface area contributed by atoms with Crippen molar-refractivity contribution in [2.24, 2.45) is 0 Å². The molecule has 0 aliphatic carbocycles. The number of aromatic nitrogens is 3. The molecule has 28 heavy (non-hydrogen) atoms. The second-order valence-corrected chi connectivity index (χ2v) is 6.42. The first-order chi connectivity index (χ1) is 13.5. The molecule has 1 aromatic carbocycles. The van der Waals surface area contributed by atoms with Crippen molar-refractivity contribution in [2.45, 2.75) is 19.8 Å².